The van der Waals surface area contributed by atoms with Crippen molar-refractivity contribution >= 4 is 72.3 Å². The number of fused-ring (bicyclic) bond motifs is 1. The normalized spacial score (nSPS) is 13.7. The Bertz CT molecular complexity index is 2100. The average Bonchev–Trinajstić information content (AvgIpc) is 3.49. The van der Waals surface area contributed by atoms with Gasteiger partial charge in [0, 0.05) is 30.8 Å². The van der Waals surface area contributed by atoms with Crippen molar-refractivity contribution in [3.05, 3.63) is 88.1 Å². The van der Waals surface area contributed by atoms with E-state index >= 15 is 0 Å². The molecule has 3 amide bonds. The number of allylic oxidation sites excluding steroid dienone is 1. The van der Waals surface area contributed by atoms with E-state index in [1.54, 1.807) is 39.0 Å². The topological polar surface area (TPSA) is 165 Å². The summed E-state index contributed by atoms with van der Waals surface area (Å²) in [5.74, 6) is -1.62. The quantitative estimate of drug-likeness (QED) is 0.0329. The summed E-state index contributed by atoms with van der Waals surface area (Å²) in [6, 6.07) is 9.31. The summed E-state index contributed by atoms with van der Waals surface area (Å²) >= 11 is 13.6. The first-order valence-electron chi connectivity index (χ1n) is 20.7. The Kier molecular flexibility index (Phi) is 18.7. The van der Waals surface area contributed by atoms with Gasteiger partial charge in [0.2, 0.25) is 11.8 Å². The van der Waals surface area contributed by atoms with E-state index < -0.39 is 55.9 Å². The van der Waals surface area contributed by atoms with E-state index in [-0.39, 0.29) is 43.5 Å². The van der Waals surface area contributed by atoms with Crippen LogP contribution in [0.2, 0.25) is 28.3 Å². The Hall–Kier alpha value is -4.79. The van der Waals surface area contributed by atoms with Gasteiger partial charge in [0.1, 0.15) is 35.2 Å². The van der Waals surface area contributed by atoms with E-state index in [1.165, 1.54) is 24.9 Å². The Balaban J connectivity index is 1.96. The third-order valence-electron chi connectivity index (χ3n) is 10.6. The van der Waals surface area contributed by atoms with Crippen molar-refractivity contribution in [2.45, 2.75) is 129 Å². The molecule has 0 aliphatic carbocycles. The molecule has 0 bridgehead atoms. The minimum atomic E-state index is -2.29. The summed E-state index contributed by atoms with van der Waals surface area (Å²) in [5.41, 5.74) is 1.97. The molecule has 3 unspecified atom stereocenters. The van der Waals surface area contributed by atoms with E-state index in [2.05, 4.69) is 56.1 Å². The molecule has 16 heteroatoms. The number of H-pyrrole nitrogens is 1. The molecule has 340 valence electrons. The predicted octanol–water partition coefficient (Wildman–Crippen LogP) is 9.78. The molecule has 3 N–H and O–H groups in total. The minimum absolute atomic E-state index is 0.0229. The highest BCUT2D eigenvalue weighted by Crippen LogP contribution is 2.40. The van der Waals surface area contributed by atoms with Crippen LogP contribution in [0.3, 0.4) is 0 Å². The Morgan fingerprint density at radius 1 is 0.952 bits per heavy atom. The van der Waals surface area contributed by atoms with Crippen molar-refractivity contribution < 1.29 is 42.6 Å². The molecular formula is C46H64Cl2N4O9Si. The molecule has 0 saturated carbocycles. The second-order valence-electron chi connectivity index (χ2n) is 17.8. The molecule has 2 aromatic carbocycles. The molecule has 13 nitrogen and oxygen atoms in total. The van der Waals surface area contributed by atoms with E-state index in [1.807, 2.05) is 37.3 Å². The first-order valence-corrected chi connectivity index (χ1v) is 24.4. The molecule has 0 radical (unpaired) electrons. The van der Waals surface area contributed by atoms with Crippen LogP contribution in [0.5, 0.6) is 5.75 Å². The number of rotatable bonds is 20. The first-order chi connectivity index (χ1) is 28.8. The number of para-hydroxylation sites is 1. The highest BCUT2D eigenvalue weighted by atomic mass is 35.5. The summed E-state index contributed by atoms with van der Waals surface area (Å²) in [4.78, 5) is 71.1. The zero-order valence-corrected chi connectivity index (χ0v) is 40.5. The zero-order chi connectivity index (χ0) is 46.6. The number of aromatic nitrogens is 1. The zero-order valence-electron chi connectivity index (χ0n) is 38.0. The van der Waals surface area contributed by atoms with Crippen molar-refractivity contribution in [3.8, 4) is 5.75 Å². The van der Waals surface area contributed by atoms with Crippen LogP contribution in [0, 0.1) is 0 Å². The van der Waals surface area contributed by atoms with Gasteiger partial charge in [-0.3, -0.25) is 19.2 Å². The van der Waals surface area contributed by atoms with Gasteiger partial charge in [-0.1, -0.05) is 92.5 Å². The highest BCUT2D eigenvalue weighted by molar-refractivity contribution is 6.74. The van der Waals surface area contributed by atoms with Crippen molar-refractivity contribution in [2.75, 3.05) is 20.3 Å². The van der Waals surface area contributed by atoms with E-state index in [4.69, 9.17) is 41.8 Å². The van der Waals surface area contributed by atoms with Crippen LogP contribution < -0.4 is 15.1 Å². The molecule has 0 aliphatic heterocycles. The number of esters is 2. The number of likely N-dealkylation sites (N-methyl/N-ethyl adjacent to an activating group) is 1. The molecule has 1 heterocycles. The van der Waals surface area contributed by atoms with Gasteiger partial charge >= 0.3 is 18.0 Å². The smallest absolute Gasteiger partial charge is 0.408 e. The minimum Gasteiger partial charge on any atom is -0.543 e. The summed E-state index contributed by atoms with van der Waals surface area (Å²) in [7, 11) is -0.820. The van der Waals surface area contributed by atoms with Gasteiger partial charge < -0.3 is 39.2 Å². The molecule has 3 rings (SSSR count). The molecule has 0 aliphatic rings. The molecule has 1 aromatic heterocycles. The third-order valence-corrected chi connectivity index (χ3v) is 15.5. The monoisotopic (exact) mass is 914 g/mol. The summed E-state index contributed by atoms with van der Waals surface area (Å²) in [5, 5.41) is 6.82. The van der Waals surface area contributed by atoms with Gasteiger partial charge in [0.05, 0.1) is 24.1 Å². The van der Waals surface area contributed by atoms with Crippen LogP contribution in [0.4, 0.5) is 4.79 Å². The molecule has 62 heavy (non-hydrogen) atoms. The Morgan fingerprint density at radius 2 is 1.63 bits per heavy atom. The van der Waals surface area contributed by atoms with Crippen LogP contribution in [-0.2, 0) is 39.8 Å². The van der Waals surface area contributed by atoms with Gasteiger partial charge in [-0.05, 0) is 94.9 Å². The average molecular weight is 916 g/mol. The van der Waals surface area contributed by atoms with E-state index in [0.29, 0.717) is 39.9 Å². The molecule has 0 saturated heterocycles. The lowest BCUT2D eigenvalue weighted by atomic mass is 9.99. The molecule has 3 atom stereocenters. The van der Waals surface area contributed by atoms with E-state index in [0.717, 1.165) is 16.5 Å². The summed E-state index contributed by atoms with van der Waals surface area (Å²) in [6.07, 6.45) is 3.41. The van der Waals surface area contributed by atoms with Gasteiger partial charge in [-0.2, -0.15) is 0 Å². The second kappa shape index (κ2) is 22.5. The van der Waals surface area contributed by atoms with Crippen molar-refractivity contribution in [1.29, 1.82) is 0 Å². The number of nitrogens with zero attached hydrogens (tertiary/aromatic N) is 1. The Labute approximate surface area is 377 Å². The fourth-order valence-electron chi connectivity index (χ4n) is 6.06. The predicted molar refractivity (Wildman–Crippen MR) is 247 cm³/mol. The second-order valence-corrected chi connectivity index (χ2v) is 23.4. The van der Waals surface area contributed by atoms with Crippen LogP contribution in [0.15, 0.2) is 66.8 Å². The number of halogens is 2. The van der Waals surface area contributed by atoms with Crippen molar-refractivity contribution in [2.24, 2.45) is 0 Å². The van der Waals surface area contributed by atoms with Gasteiger partial charge in [-0.15, -0.1) is 0 Å². The fraction of sp³-hybridized carbons (Fsp3) is 0.500. The highest BCUT2D eigenvalue weighted by Gasteiger charge is 2.40. The first kappa shape index (κ1) is 51.6. The number of hydrogen-bond donors (Lipinski definition) is 3. The lowest BCUT2D eigenvalue weighted by molar-refractivity contribution is -0.145. The molecular weight excluding hydrogens is 852 g/mol. The molecule has 0 fully saturated rings. The number of nitrogens with one attached hydrogen (secondary N) is 3. The lowest BCUT2D eigenvalue weighted by Crippen LogP contribution is -2.55. The maximum atomic E-state index is 14.7. The molecule has 3 aromatic rings. The van der Waals surface area contributed by atoms with Gasteiger partial charge in [-0.25, -0.2) is 4.79 Å². The Morgan fingerprint density at radius 3 is 2.26 bits per heavy atom. The SMILES string of the molecule is C=CCOC(=O)CC/C(C)=C/CCOC(=O)CC(NC(=O)C(Cc1c(Cl)[nH]c2ccccc12)N(C)C(=O)C(C)NC(=O)OC(C)(C)C)c1ccc(O[Si](C)(C)C(C)(C)C)c(Cl)c1. The number of carbonyl (C=O) groups is 5. The van der Waals surface area contributed by atoms with E-state index in [9.17, 15) is 24.0 Å². The van der Waals surface area contributed by atoms with Gasteiger partial charge in [0.25, 0.3) is 8.32 Å². The maximum Gasteiger partial charge on any atom is 0.408 e. The van der Waals surface area contributed by atoms with Crippen molar-refractivity contribution in [1.82, 2.24) is 20.5 Å². The summed E-state index contributed by atoms with van der Waals surface area (Å²) < 4.78 is 22.5. The number of aromatic amines is 1. The molecule has 0 spiro atoms. The summed E-state index contributed by atoms with van der Waals surface area (Å²) in [6.45, 7) is 22.8. The number of amides is 3. The van der Waals surface area contributed by atoms with Crippen LogP contribution in [0.1, 0.15) is 98.2 Å². The van der Waals surface area contributed by atoms with Crippen LogP contribution >= 0.6 is 23.2 Å². The number of hydrogen-bond acceptors (Lipinski definition) is 9. The van der Waals surface area contributed by atoms with Crippen LogP contribution in [-0.4, -0.2) is 86.0 Å². The fourth-order valence-corrected chi connectivity index (χ4v) is 7.67. The standard InChI is InChI=1S/C46H64Cl2N4O9Si/c1-13-24-58-39(53)23-20-29(2)17-16-25-59-40(54)28-36(31-21-22-38(34(47)26-31)61-62(11,12)46(7,8)9)51-42(55)37(27-33-32-18-14-15-19-35(32)50-41(33)48)52(10)43(56)30(3)49-44(57)60-45(4,5)6/h13-15,17-19,21-22,26,30,36-37,50H,1,16,20,23-25,27-28H2,2-12H3,(H,49,57)(H,51,55)/b29-17+. The lowest BCUT2D eigenvalue weighted by Gasteiger charge is -2.36. The number of benzene rings is 2. The number of ether oxygens (including phenoxy) is 3. The number of alkyl carbamates (subject to hydrolysis) is 1. The third kappa shape index (κ3) is 15.5. The van der Waals surface area contributed by atoms with Crippen molar-refractivity contribution in [3.63, 3.8) is 0 Å². The maximum absolute atomic E-state index is 14.7. The van der Waals surface area contributed by atoms with Crippen LogP contribution in [0.25, 0.3) is 10.9 Å². The van der Waals surface area contributed by atoms with Gasteiger partial charge in [0.15, 0.2) is 0 Å². The largest absolute Gasteiger partial charge is 0.543 e. The number of carbonyl (C=O) groups excluding carboxylic acids is 5.